The molecule has 1 aliphatic carbocycles. The Morgan fingerprint density at radius 3 is 2.42 bits per heavy atom. The van der Waals surface area contributed by atoms with E-state index < -0.39 is 0 Å². The largest absolute Gasteiger partial charge is 0.323 e. The van der Waals surface area contributed by atoms with Gasteiger partial charge < -0.3 is 4.90 Å². The van der Waals surface area contributed by atoms with Crippen molar-refractivity contribution in [3.8, 4) is 0 Å². The molecule has 1 heterocycles. The van der Waals surface area contributed by atoms with Gasteiger partial charge in [0.1, 0.15) is 0 Å². The molecule has 1 saturated heterocycles. The summed E-state index contributed by atoms with van der Waals surface area (Å²) >= 11 is 1.98. The van der Waals surface area contributed by atoms with Crippen molar-refractivity contribution in [3.63, 3.8) is 0 Å². The van der Waals surface area contributed by atoms with Crippen LogP contribution < -0.4 is 5.32 Å². The van der Waals surface area contributed by atoms with Gasteiger partial charge in [-0.3, -0.25) is 10.1 Å². The van der Waals surface area contributed by atoms with Crippen LogP contribution in [0.4, 0.5) is 0 Å². The lowest BCUT2D eigenvalue weighted by molar-refractivity contribution is -0.133. The molecule has 0 aromatic rings. The Kier molecular flexibility index (Phi) is 5.18. The third kappa shape index (κ3) is 3.10. The number of hydrogen-bond acceptors (Lipinski definition) is 3. The summed E-state index contributed by atoms with van der Waals surface area (Å²) in [5.41, 5.74) is 0. The summed E-state index contributed by atoms with van der Waals surface area (Å²) in [4.78, 5) is 14.7. The summed E-state index contributed by atoms with van der Waals surface area (Å²) in [5.74, 6) is 0.826. The maximum atomic E-state index is 12.6. The van der Waals surface area contributed by atoms with Crippen molar-refractivity contribution in [2.24, 2.45) is 5.92 Å². The smallest absolute Gasteiger partial charge is 0.241 e. The van der Waals surface area contributed by atoms with E-state index in [1.807, 2.05) is 11.8 Å². The van der Waals surface area contributed by atoms with E-state index in [4.69, 9.17) is 0 Å². The van der Waals surface area contributed by atoms with Gasteiger partial charge in [-0.15, -0.1) is 0 Å². The Hall–Kier alpha value is -0.220. The average molecular weight is 284 g/mol. The minimum absolute atomic E-state index is 0.0469. The standard InChI is InChI=1S/C15H28N2OS/c1-5-13-15(18)17(14(16-13)10(2)3)11-6-8-12(19-4)9-7-11/h10-14,16H,5-9H2,1-4H3. The summed E-state index contributed by atoms with van der Waals surface area (Å²) < 4.78 is 0. The van der Waals surface area contributed by atoms with Gasteiger partial charge in [0.2, 0.25) is 5.91 Å². The second-order valence-electron chi connectivity index (χ2n) is 6.23. The lowest BCUT2D eigenvalue weighted by Gasteiger charge is -2.38. The van der Waals surface area contributed by atoms with Crippen molar-refractivity contribution in [1.82, 2.24) is 10.2 Å². The molecule has 1 amide bonds. The first kappa shape index (κ1) is 15.2. The molecular weight excluding hydrogens is 256 g/mol. The maximum Gasteiger partial charge on any atom is 0.241 e. The van der Waals surface area contributed by atoms with Gasteiger partial charge in [0, 0.05) is 11.3 Å². The van der Waals surface area contributed by atoms with E-state index in [1.165, 1.54) is 25.7 Å². The van der Waals surface area contributed by atoms with E-state index in [0.29, 0.717) is 17.9 Å². The van der Waals surface area contributed by atoms with Gasteiger partial charge in [-0.05, 0) is 44.3 Å². The molecule has 110 valence electrons. The molecule has 1 saturated carbocycles. The van der Waals surface area contributed by atoms with E-state index in [2.05, 4.69) is 37.2 Å². The molecule has 4 heteroatoms. The van der Waals surface area contributed by atoms with Gasteiger partial charge >= 0.3 is 0 Å². The van der Waals surface area contributed by atoms with E-state index >= 15 is 0 Å². The Bertz CT molecular complexity index is 313. The maximum absolute atomic E-state index is 12.6. The molecule has 0 spiro atoms. The first-order valence-corrected chi connectivity index (χ1v) is 8.98. The molecular formula is C15H28N2OS. The van der Waals surface area contributed by atoms with Gasteiger partial charge in [0.05, 0.1) is 12.2 Å². The average Bonchev–Trinajstić information content (AvgIpc) is 2.76. The minimum Gasteiger partial charge on any atom is -0.323 e. The molecule has 2 atom stereocenters. The SMILES string of the molecule is CCC1NC(C(C)C)N(C2CCC(SC)CC2)C1=O. The number of thioether (sulfide) groups is 1. The molecule has 2 aliphatic rings. The van der Waals surface area contributed by atoms with E-state index in [9.17, 15) is 4.79 Å². The van der Waals surface area contributed by atoms with Gasteiger partial charge in [-0.1, -0.05) is 20.8 Å². The highest BCUT2D eigenvalue weighted by Crippen LogP contribution is 2.33. The van der Waals surface area contributed by atoms with Gasteiger partial charge in [-0.25, -0.2) is 0 Å². The van der Waals surface area contributed by atoms with Crippen molar-refractivity contribution in [3.05, 3.63) is 0 Å². The molecule has 19 heavy (non-hydrogen) atoms. The summed E-state index contributed by atoms with van der Waals surface area (Å²) in [6.45, 7) is 6.52. The number of nitrogens with one attached hydrogen (secondary N) is 1. The third-order valence-electron chi connectivity index (χ3n) is 4.63. The predicted molar refractivity (Wildman–Crippen MR) is 82.2 cm³/mol. The fraction of sp³-hybridized carbons (Fsp3) is 0.933. The number of rotatable bonds is 4. The van der Waals surface area contributed by atoms with Crippen LogP contribution in [0.3, 0.4) is 0 Å². The van der Waals surface area contributed by atoms with Gasteiger partial charge in [0.25, 0.3) is 0 Å². The Morgan fingerprint density at radius 2 is 1.95 bits per heavy atom. The molecule has 2 unspecified atom stereocenters. The zero-order valence-corrected chi connectivity index (χ0v) is 13.5. The summed E-state index contributed by atoms with van der Waals surface area (Å²) in [5, 5.41) is 4.34. The molecule has 0 bridgehead atoms. The second-order valence-corrected chi connectivity index (χ2v) is 7.37. The molecule has 0 aromatic heterocycles. The van der Waals surface area contributed by atoms with Gasteiger partial charge in [-0.2, -0.15) is 11.8 Å². The molecule has 1 aliphatic heterocycles. The quantitative estimate of drug-likeness (QED) is 0.861. The topological polar surface area (TPSA) is 32.3 Å². The monoisotopic (exact) mass is 284 g/mol. The van der Waals surface area contributed by atoms with Crippen LogP contribution in [0.15, 0.2) is 0 Å². The molecule has 0 radical (unpaired) electrons. The summed E-state index contributed by atoms with van der Waals surface area (Å²) in [7, 11) is 0. The van der Waals surface area contributed by atoms with Crippen LogP contribution in [0, 0.1) is 5.92 Å². The summed E-state index contributed by atoms with van der Waals surface area (Å²) in [6.07, 6.45) is 8.23. The Labute approximate surface area is 121 Å². The fourth-order valence-electron chi connectivity index (χ4n) is 3.45. The van der Waals surface area contributed by atoms with Crippen molar-refractivity contribution in [2.45, 2.75) is 76.4 Å². The number of amides is 1. The molecule has 2 fully saturated rings. The highest BCUT2D eigenvalue weighted by molar-refractivity contribution is 7.99. The van der Waals surface area contributed by atoms with E-state index in [1.54, 1.807) is 0 Å². The molecule has 1 N–H and O–H groups in total. The van der Waals surface area contributed by atoms with E-state index in [0.717, 1.165) is 11.7 Å². The fourth-order valence-corrected chi connectivity index (χ4v) is 4.19. The first-order chi connectivity index (χ1) is 9.08. The third-order valence-corrected chi connectivity index (χ3v) is 5.77. The van der Waals surface area contributed by atoms with Crippen LogP contribution in [-0.4, -0.2) is 40.6 Å². The highest BCUT2D eigenvalue weighted by atomic mass is 32.2. The van der Waals surface area contributed by atoms with Crippen molar-refractivity contribution < 1.29 is 4.79 Å². The first-order valence-electron chi connectivity index (χ1n) is 7.69. The van der Waals surface area contributed by atoms with Gasteiger partial charge in [0.15, 0.2) is 0 Å². The second kappa shape index (κ2) is 6.49. The molecule has 2 rings (SSSR count). The van der Waals surface area contributed by atoms with Crippen molar-refractivity contribution in [1.29, 1.82) is 0 Å². The van der Waals surface area contributed by atoms with Crippen LogP contribution in [-0.2, 0) is 4.79 Å². The van der Waals surface area contributed by atoms with Crippen molar-refractivity contribution in [2.75, 3.05) is 6.26 Å². The van der Waals surface area contributed by atoms with E-state index in [-0.39, 0.29) is 12.2 Å². The number of carbonyl (C=O) groups is 1. The Balaban J connectivity index is 2.06. The van der Waals surface area contributed by atoms with Crippen LogP contribution >= 0.6 is 11.8 Å². The lowest BCUT2D eigenvalue weighted by Crippen LogP contribution is -2.48. The number of carbonyl (C=O) groups excluding carboxylic acids is 1. The highest BCUT2D eigenvalue weighted by Gasteiger charge is 2.43. The predicted octanol–water partition coefficient (Wildman–Crippen LogP) is 2.85. The Morgan fingerprint density at radius 1 is 1.32 bits per heavy atom. The molecule has 3 nitrogen and oxygen atoms in total. The number of hydrogen-bond donors (Lipinski definition) is 1. The lowest BCUT2D eigenvalue weighted by atomic mass is 9.92. The number of nitrogens with zero attached hydrogens (tertiary/aromatic N) is 1. The summed E-state index contributed by atoms with van der Waals surface area (Å²) in [6, 6.07) is 0.512. The van der Waals surface area contributed by atoms with Crippen molar-refractivity contribution >= 4 is 17.7 Å². The van der Waals surface area contributed by atoms with Crippen LogP contribution in [0.25, 0.3) is 0 Å². The normalized spacial score (nSPS) is 36.3. The minimum atomic E-state index is 0.0469. The zero-order chi connectivity index (χ0) is 14.0. The molecule has 0 aromatic carbocycles. The zero-order valence-electron chi connectivity index (χ0n) is 12.7. The van der Waals surface area contributed by atoms with Crippen LogP contribution in [0.2, 0.25) is 0 Å². The van der Waals surface area contributed by atoms with Crippen LogP contribution in [0.5, 0.6) is 0 Å². The van der Waals surface area contributed by atoms with Crippen LogP contribution in [0.1, 0.15) is 52.9 Å².